The number of nitrogens with zero attached hydrogens (tertiary/aromatic N) is 4. The standard InChI is InChI=1S/C12H20N6/c1-18(2)8-4-7-15-12-9-11(16-10-17-12)14-6-3-5-13/h9-10H,3-4,6-8H2,1-2H3,(H2,14,15,16,17). The molecule has 98 valence electrons. The zero-order chi connectivity index (χ0) is 13.2. The zero-order valence-electron chi connectivity index (χ0n) is 11.0. The number of anilines is 2. The Bertz CT molecular complexity index is 384. The first-order valence-electron chi connectivity index (χ1n) is 6.04. The van der Waals surface area contributed by atoms with Gasteiger partial charge in [-0.3, -0.25) is 0 Å². The summed E-state index contributed by atoms with van der Waals surface area (Å²) in [7, 11) is 4.11. The smallest absolute Gasteiger partial charge is 0.131 e. The van der Waals surface area contributed by atoms with E-state index < -0.39 is 0 Å². The summed E-state index contributed by atoms with van der Waals surface area (Å²) in [5.74, 6) is 1.55. The maximum absolute atomic E-state index is 8.45. The zero-order valence-corrected chi connectivity index (χ0v) is 11.0. The maximum atomic E-state index is 8.45. The Kier molecular flexibility index (Phi) is 6.51. The molecular weight excluding hydrogens is 228 g/mol. The third-order valence-electron chi connectivity index (χ3n) is 2.30. The average molecular weight is 248 g/mol. The van der Waals surface area contributed by atoms with Crippen molar-refractivity contribution in [1.29, 1.82) is 5.26 Å². The van der Waals surface area contributed by atoms with Crippen LogP contribution in [0.5, 0.6) is 0 Å². The van der Waals surface area contributed by atoms with Crippen molar-refractivity contribution in [1.82, 2.24) is 14.9 Å². The van der Waals surface area contributed by atoms with Gasteiger partial charge < -0.3 is 15.5 Å². The van der Waals surface area contributed by atoms with Gasteiger partial charge in [-0.25, -0.2) is 9.97 Å². The van der Waals surface area contributed by atoms with Crippen molar-refractivity contribution >= 4 is 11.6 Å². The fourth-order valence-electron chi connectivity index (χ4n) is 1.41. The molecular formula is C12H20N6. The Morgan fingerprint density at radius 2 is 1.89 bits per heavy atom. The molecule has 0 aliphatic rings. The molecule has 0 radical (unpaired) electrons. The van der Waals surface area contributed by atoms with E-state index in [9.17, 15) is 0 Å². The predicted octanol–water partition coefficient (Wildman–Crippen LogP) is 1.17. The lowest BCUT2D eigenvalue weighted by Gasteiger charge is -2.10. The van der Waals surface area contributed by atoms with E-state index in [0.717, 1.165) is 31.1 Å². The Morgan fingerprint density at radius 1 is 1.22 bits per heavy atom. The Hall–Kier alpha value is -1.87. The highest BCUT2D eigenvalue weighted by atomic mass is 15.1. The molecule has 1 aromatic heterocycles. The highest BCUT2D eigenvalue weighted by Crippen LogP contribution is 2.08. The van der Waals surface area contributed by atoms with Crippen molar-refractivity contribution in [2.45, 2.75) is 12.8 Å². The molecule has 1 heterocycles. The van der Waals surface area contributed by atoms with E-state index >= 15 is 0 Å². The molecule has 0 atom stereocenters. The van der Waals surface area contributed by atoms with Gasteiger partial charge in [-0.1, -0.05) is 0 Å². The van der Waals surface area contributed by atoms with Gasteiger partial charge in [-0.15, -0.1) is 0 Å². The molecule has 6 nitrogen and oxygen atoms in total. The van der Waals surface area contributed by atoms with Crippen LogP contribution >= 0.6 is 0 Å². The van der Waals surface area contributed by atoms with Crippen molar-refractivity contribution in [2.75, 3.05) is 44.4 Å². The monoisotopic (exact) mass is 248 g/mol. The van der Waals surface area contributed by atoms with Gasteiger partial charge in [0.25, 0.3) is 0 Å². The molecule has 0 aromatic carbocycles. The lowest BCUT2D eigenvalue weighted by atomic mass is 10.4. The minimum atomic E-state index is 0.468. The number of aromatic nitrogens is 2. The van der Waals surface area contributed by atoms with Crippen LogP contribution in [-0.4, -0.2) is 48.6 Å². The quantitative estimate of drug-likeness (QED) is 0.672. The molecule has 0 aliphatic carbocycles. The fraction of sp³-hybridized carbons (Fsp3) is 0.583. The van der Waals surface area contributed by atoms with Crippen LogP contribution in [0, 0.1) is 11.3 Å². The normalized spacial score (nSPS) is 10.1. The van der Waals surface area contributed by atoms with E-state index in [1.165, 1.54) is 6.33 Å². The first kappa shape index (κ1) is 14.2. The van der Waals surface area contributed by atoms with Gasteiger partial charge in [-0.05, 0) is 27.1 Å². The molecule has 1 rings (SSSR count). The minimum Gasteiger partial charge on any atom is -0.370 e. The van der Waals surface area contributed by atoms with Crippen LogP contribution in [0.25, 0.3) is 0 Å². The van der Waals surface area contributed by atoms with Crippen molar-refractivity contribution in [3.05, 3.63) is 12.4 Å². The van der Waals surface area contributed by atoms with Gasteiger partial charge in [-0.2, -0.15) is 5.26 Å². The van der Waals surface area contributed by atoms with Crippen molar-refractivity contribution in [3.63, 3.8) is 0 Å². The second-order valence-corrected chi connectivity index (χ2v) is 4.21. The van der Waals surface area contributed by atoms with Crippen LogP contribution in [0.1, 0.15) is 12.8 Å². The maximum Gasteiger partial charge on any atom is 0.131 e. The van der Waals surface area contributed by atoms with Gasteiger partial charge in [0.2, 0.25) is 0 Å². The van der Waals surface area contributed by atoms with Crippen LogP contribution in [0.2, 0.25) is 0 Å². The third kappa shape index (κ3) is 6.01. The lowest BCUT2D eigenvalue weighted by Crippen LogP contribution is -2.16. The Balaban J connectivity index is 2.33. The summed E-state index contributed by atoms with van der Waals surface area (Å²) < 4.78 is 0. The summed E-state index contributed by atoms with van der Waals surface area (Å²) in [6, 6.07) is 3.93. The number of hydrogen-bond donors (Lipinski definition) is 2. The summed E-state index contributed by atoms with van der Waals surface area (Å²) in [6.45, 7) is 2.53. The molecule has 0 aliphatic heterocycles. The topological polar surface area (TPSA) is 76.9 Å². The van der Waals surface area contributed by atoms with Gasteiger partial charge in [0, 0.05) is 19.2 Å². The van der Waals surface area contributed by atoms with Gasteiger partial charge in [0.05, 0.1) is 12.5 Å². The molecule has 0 saturated heterocycles. The average Bonchev–Trinajstić information content (AvgIpc) is 2.35. The molecule has 0 saturated carbocycles. The van der Waals surface area contributed by atoms with Gasteiger partial charge >= 0.3 is 0 Å². The van der Waals surface area contributed by atoms with Crippen molar-refractivity contribution < 1.29 is 0 Å². The number of hydrogen-bond acceptors (Lipinski definition) is 6. The molecule has 0 unspecified atom stereocenters. The lowest BCUT2D eigenvalue weighted by molar-refractivity contribution is 0.405. The van der Waals surface area contributed by atoms with Crippen molar-refractivity contribution in [2.24, 2.45) is 0 Å². The minimum absolute atomic E-state index is 0.468. The molecule has 0 bridgehead atoms. The molecule has 1 aromatic rings. The summed E-state index contributed by atoms with van der Waals surface area (Å²) >= 11 is 0. The van der Waals surface area contributed by atoms with Crippen LogP contribution in [0.4, 0.5) is 11.6 Å². The van der Waals surface area contributed by atoms with Gasteiger partial charge in [0.1, 0.15) is 18.0 Å². The summed E-state index contributed by atoms with van der Waals surface area (Å²) in [6.07, 6.45) is 3.05. The highest BCUT2D eigenvalue weighted by Gasteiger charge is 1.98. The fourth-order valence-corrected chi connectivity index (χ4v) is 1.41. The van der Waals surface area contributed by atoms with E-state index in [1.54, 1.807) is 0 Å². The molecule has 18 heavy (non-hydrogen) atoms. The Labute approximate surface area is 108 Å². The number of nitriles is 1. The van der Waals surface area contributed by atoms with Crippen LogP contribution in [0.3, 0.4) is 0 Å². The summed E-state index contributed by atoms with van der Waals surface area (Å²) in [5.41, 5.74) is 0. The van der Waals surface area contributed by atoms with E-state index in [4.69, 9.17) is 5.26 Å². The second kappa shape index (κ2) is 8.25. The molecule has 0 spiro atoms. The number of nitrogens with one attached hydrogen (secondary N) is 2. The van der Waals surface area contributed by atoms with E-state index in [0.29, 0.717) is 13.0 Å². The summed E-state index contributed by atoms with van der Waals surface area (Å²) in [5, 5.41) is 14.8. The molecule has 0 fully saturated rings. The van der Waals surface area contributed by atoms with E-state index in [1.807, 2.05) is 6.07 Å². The highest BCUT2D eigenvalue weighted by molar-refractivity contribution is 5.46. The predicted molar refractivity (Wildman–Crippen MR) is 72.4 cm³/mol. The largest absolute Gasteiger partial charge is 0.370 e. The molecule has 0 amide bonds. The van der Waals surface area contributed by atoms with Crippen molar-refractivity contribution in [3.8, 4) is 6.07 Å². The summed E-state index contributed by atoms with van der Waals surface area (Å²) in [4.78, 5) is 10.4. The van der Waals surface area contributed by atoms with Crippen LogP contribution in [0.15, 0.2) is 12.4 Å². The first-order chi connectivity index (χ1) is 8.72. The number of rotatable bonds is 8. The first-order valence-corrected chi connectivity index (χ1v) is 6.04. The molecule has 6 heteroatoms. The second-order valence-electron chi connectivity index (χ2n) is 4.21. The van der Waals surface area contributed by atoms with Crippen LogP contribution < -0.4 is 10.6 Å². The Morgan fingerprint density at radius 3 is 2.50 bits per heavy atom. The van der Waals surface area contributed by atoms with Gasteiger partial charge in [0.15, 0.2) is 0 Å². The van der Waals surface area contributed by atoms with E-state index in [-0.39, 0.29) is 0 Å². The van der Waals surface area contributed by atoms with Crippen LogP contribution in [-0.2, 0) is 0 Å². The molecule has 2 N–H and O–H groups in total. The SMILES string of the molecule is CN(C)CCCNc1cc(NCCC#N)ncn1. The van der Waals surface area contributed by atoms with E-state index in [2.05, 4.69) is 45.7 Å². The third-order valence-corrected chi connectivity index (χ3v) is 2.30.